The van der Waals surface area contributed by atoms with Crippen LogP contribution >= 0.6 is 0 Å². The Bertz CT molecular complexity index is 635. The van der Waals surface area contributed by atoms with Gasteiger partial charge in [-0.2, -0.15) is 0 Å². The van der Waals surface area contributed by atoms with Gasteiger partial charge in [0.2, 0.25) is 5.91 Å². The molecule has 2 heterocycles. The fourth-order valence-corrected chi connectivity index (χ4v) is 3.35. The Kier molecular flexibility index (Phi) is 5.02. The van der Waals surface area contributed by atoms with Crippen LogP contribution in [0.5, 0.6) is 0 Å². The summed E-state index contributed by atoms with van der Waals surface area (Å²) in [6, 6.07) is 4.24. The number of nitrogens with zero attached hydrogens (tertiary/aromatic N) is 2. The van der Waals surface area contributed by atoms with Crippen molar-refractivity contribution in [3.05, 3.63) is 29.6 Å². The highest BCUT2D eigenvalue weighted by atomic mass is 19.1. The minimum absolute atomic E-state index is 0.123. The van der Waals surface area contributed by atoms with Gasteiger partial charge in [0.15, 0.2) is 0 Å². The molecule has 0 radical (unpaired) electrons. The molecule has 2 aliphatic rings. The van der Waals surface area contributed by atoms with Crippen LogP contribution in [0.2, 0.25) is 0 Å². The highest BCUT2D eigenvalue weighted by Crippen LogP contribution is 2.32. The summed E-state index contributed by atoms with van der Waals surface area (Å²) in [5.74, 6) is -0.272. The summed E-state index contributed by atoms with van der Waals surface area (Å²) in [6.07, 6.45) is 3.75. The number of unbranched alkanes of at least 4 members (excludes halogenated alkanes) is 2. The number of fused-ring (bicyclic) bond motifs is 3. The molecule has 0 aromatic heterocycles. The molecule has 2 aliphatic heterocycles. The van der Waals surface area contributed by atoms with Gasteiger partial charge in [-0.25, -0.2) is 9.18 Å². The van der Waals surface area contributed by atoms with Gasteiger partial charge in [-0.1, -0.05) is 25.8 Å². The predicted molar refractivity (Wildman–Crippen MR) is 88.2 cm³/mol. The smallest absolute Gasteiger partial charge is 0.414 e. The monoisotopic (exact) mass is 334 g/mol. The van der Waals surface area contributed by atoms with Crippen molar-refractivity contribution < 1.29 is 18.7 Å². The second-order valence-electron chi connectivity index (χ2n) is 6.43. The van der Waals surface area contributed by atoms with Crippen molar-refractivity contribution in [1.29, 1.82) is 0 Å². The number of cyclic esters (lactones) is 1. The van der Waals surface area contributed by atoms with Gasteiger partial charge in [0.25, 0.3) is 0 Å². The van der Waals surface area contributed by atoms with Gasteiger partial charge in [0, 0.05) is 19.5 Å². The first kappa shape index (κ1) is 16.7. The molecular weight excluding hydrogens is 311 g/mol. The first-order valence-corrected chi connectivity index (χ1v) is 8.62. The van der Waals surface area contributed by atoms with Gasteiger partial charge < -0.3 is 9.64 Å². The topological polar surface area (TPSA) is 49.9 Å². The predicted octanol–water partition coefficient (Wildman–Crippen LogP) is 3.46. The van der Waals surface area contributed by atoms with Crippen molar-refractivity contribution >= 4 is 17.7 Å². The van der Waals surface area contributed by atoms with Crippen molar-refractivity contribution in [3.8, 4) is 0 Å². The summed E-state index contributed by atoms with van der Waals surface area (Å²) in [4.78, 5) is 27.9. The molecule has 1 aromatic rings. The molecule has 130 valence electrons. The minimum atomic E-state index is -0.436. The molecule has 0 spiro atoms. The Morgan fingerprint density at radius 3 is 3.00 bits per heavy atom. The van der Waals surface area contributed by atoms with Gasteiger partial charge in [0.05, 0.1) is 11.7 Å². The number of rotatable bonds is 4. The number of amides is 2. The molecule has 0 unspecified atom stereocenters. The zero-order valence-electron chi connectivity index (χ0n) is 14.0. The summed E-state index contributed by atoms with van der Waals surface area (Å²) in [5.41, 5.74) is 1.30. The quantitative estimate of drug-likeness (QED) is 0.792. The molecule has 0 bridgehead atoms. The Morgan fingerprint density at radius 1 is 1.38 bits per heavy atom. The molecule has 24 heavy (non-hydrogen) atoms. The van der Waals surface area contributed by atoms with E-state index in [-0.39, 0.29) is 18.6 Å². The number of anilines is 1. The molecular formula is C18H23FN2O3. The van der Waals surface area contributed by atoms with Crippen LogP contribution in [0.25, 0.3) is 0 Å². The van der Waals surface area contributed by atoms with Crippen LogP contribution in [0, 0.1) is 5.82 Å². The van der Waals surface area contributed by atoms with Gasteiger partial charge in [0.1, 0.15) is 12.4 Å². The molecule has 0 aliphatic carbocycles. The summed E-state index contributed by atoms with van der Waals surface area (Å²) < 4.78 is 18.9. The van der Waals surface area contributed by atoms with Crippen LogP contribution in [-0.4, -0.2) is 36.1 Å². The van der Waals surface area contributed by atoms with Gasteiger partial charge in [-0.3, -0.25) is 9.69 Å². The second-order valence-corrected chi connectivity index (χ2v) is 6.43. The van der Waals surface area contributed by atoms with E-state index in [1.54, 1.807) is 6.07 Å². The third-order valence-corrected chi connectivity index (χ3v) is 4.71. The molecule has 1 saturated heterocycles. The molecule has 3 rings (SSSR count). The van der Waals surface area contributed by atoms with Crippen LogP contribution in [0.1, 0.15) is 44.6 Å². The number of hydrogen-bond donors (Lipinski definition) is 0. The van der Waals surface area contributed by atoms with Gasteiger partial charge in [-0.15, -0.1) is 0 Å². The van der Waals surface area contributed by atoms with E-state index in [0.717, 1.165) is 24.8 Å². The van der Waals surface area contributed by atoms with E-state index in [1.165, 1.54) is 17.0 Å². The highest BCUT2D eigenvalue weighted by molar-refractivity contribution is 5.91. The standard InChI is InChI=1S/C18H23FN2O3/c1-2-3-4-5-17(22)20-9-8-15-12-24-18(23)21(15)16-10-14(19)7-6-13(16)11-20/h6-7,10,15H,2-5,8-9,11-12H2,1H3/t15-/m0/s1. The summed E-state index contributed by atoms with van der Waals surface area (Å²) in [7, 11) is 0. The SMILES string of the molecule is CCCCCC(=O)N1CC[C@H]2COC(=O)N2c2cc(F)ccc2C1. The van der Waals surface area contributed by atoms with Crippen molar-refractivity contribution in [1.82, 2.24) is 4.90 Å². The zero-order chi connectivity index (χ0) is 17.1. The van der Waals surface area contributed by atoms with Crippen molar-refractivity contribution in [2.75, 3.05) is 18.1 Å². The lowest BCUT2D eigenvalue weighted by Gasteiger charge is -2.32. The van der Waals surface area contributed by atoms with Gasteiger partial charge >= 0.3 is 6.09 Å². The molecule has 1 fully saturated rings. The third kappa shape index (κ3) is 3.37. The van der Waals surface area contributed by atoms with Crippen LogP contribution < -0.4 is 4.90 Å². The average molecular weight is 334 g/mol. The number of hydrogen-bond acceptors (Lipinski definition) is 3. The number of carbonyl (C=O) groups is 2. The lowest BCUT2D eigenvalue weighted by molar-refractivity contribution is -0.132. The molecule has 1 atom stereocenters. The molecule has 1 aromatic carbocycles. The second kappa shape index (κ2) is 7.20. The van der Waals surface area contributed by atoms with Crippen molar-refractivity contribution in [3.63, 3.8) is 0 Å². The molecule has 0 N–H and O–H groups in total. The molecule has 6 heteroatoms. The lowest BCUT2D eigenvalue weighted by atomic mass is 10.0. The molecule has 2 amide bonds. The maximum Gasteiger partial charge on any atom is 0.414 e. The number of benzene rings is 1. The summed E-state index contributed by atoms with van der Waals surface area (Å²) in [5, 5.41) is 0. The van der Waals surface area contributed by atoms with Crippen LogP contribution in [0.4, 0.5) is 14.9 Å². The van der Waals surface area contributed by atoms with E-state index < -0.39 is 11.9 Å². The Labute approximate surface area is 141 Å². The maximum absolute atomic E-state index is 13.7. The van der Waals surface area contributed by atoms with Gasteiger partial charge in [-0.05, 0) is 30.5 Å². The van der Waals surface area contributed by atoms with E-state index in [4.69, 9.17) is 4.74 Å². The first-order valence-electron chi connectivity index (χ1n) is 8.62. The molecule has 0 saturated carbocycles. The average Bonchev–Trinajstić information content (AvgIpc) is 2.90. The maximum atomic E-state index is 13.7. The number of ether oxygens (including phenoxy) is 1. The number of carbonyl (C=O) groups excluding carboxylic acids is 2. The van der Waals surface area contributed by atoms with E-state index >= 15 is 0 Å². The Balaban J connectivity index is 1.85. The van der Waals surface area contributed by atoms with E-state index in [2.05, 4.69) is 6.92 Å². The van der Waals surface area contributed by atoms with E-state index in [0.29, 0.717) is 31.6 Å². The fourth-order valence-electron chi connectivity index (χ4n) is 3.35. The minimum Gasteiger partial charge on any atom is -0.447 e. The van der Waals surface area contributed by atoms with Crippen molar-refractivity contribution in [2.45, 2.75) is 51.6 Å². The van der Waals surface area contributed by atoms with E-state index in [1.807, 2.05) is 4.90 Å². The zero-order valence-corrected chi connectivity index (χ0v) is 14.0. The third-order valence-electron chi connectivity index (χ3n) is 4.71. The Hall–Kier alpha value is -2.11. The number of halogens is 1. The summed E-state index contributed by atoms with van der Waals surface area (Å²) >= 11 is 0. The van der Waals surface area contributed by atoms with Crippen molar-refractivity contribution in [2.24, 2.45) is 0 Å². The van der Waals surface area contributed by atoms with Crippen LogP contribution in [0.15, 0.2) is 18.2 Å². The normalized spacial score (nSPS) is 20.1. The largest absolute Gasteiger partial charge is 0.447 e. The van der Waals surface area contributed by atoms with E-state index in [9.17, 15) is 14.0 Å². The molecule has 5 nitrogen and oxygen atoms in total. The Morgan fingerprint density at radius 2 is 2.21 bits per heavy atom. The lowest BCUT2D eigenvalue weighted by Crippen LogP contribution is -2.42. The summed E-state index contributed by atoms with van der Waals surface area (Å²) in [6.45, 7) is 3.38. The van der Waals surface area contributed by atoms with Crippen LogP contribution in [0.3, 0.4) is 0 Å². The van der Waals surface area contributed by atoms with Crippen LogP contribution in [-0.2, 0) is 16.1 Å². The fraction of sp³-hybridized carbons (Fsp3) is 0.556. The highest BCUT2D eigenvalue weighted by Gasteiger charge is 2.37. The first-order chi connectivity index (χ1) is 11.6.